The SMILES string of the molecule is CC1(C)Cc2ccccc2O1. The third-order valence-corrected chi connectivity index (χ3v) is 1.98. The van der Waals surface area contributed by atoms with Crippen molar-refractivity contribution >= 4 is 0 Å². The topological polar surface area (TPSA) is 9.23 Å². The fraction of sp³-hybridized carbons (Fsp3) is 0.400. The first-order valence-electron chi connectivity index (χ1n) is 3.94. The van der Waals surface area contributed by atoms with Crippen molar-refractivity contribution in [3.63, 3.8) is 0 Å². The molecule has 1 heterocycles. The average Bonchev–Trinajstić information content (AvgIpc) is 2.21. The lowest BCUT2D eigenvalue weighted by molar-refractivity contribution is 0.138. The van der Waals surface area contributed by atoms with Gasteiger partial charge < -0.3 is 4.74 Å². The normalized spacial score (nSPS) is 19.1. The molecule has 1 heteroatoms. The maximum Gasteiger partial charge on any atom is 0.123 e. The van der Waals surface area contributed by atoms with E-state index >= 15 is 0 Å². The molecule has 0 radical (unpaired) electrons. The highest BCUT2D eigenvalue weighted by atomic mass is 16.5. The van der Waals surface area contributed by atoms with Crippen molar-refractivity contribution in [3.05, 3.63) is 29.8 Å². The van der Waals surface area contributed by atoms with Gasteiger partial charge in [-0.1, -0.05) is 18.2 Å². The van der Waals surface area contributed by atoms with E-state index in [1.165, 1.54) is 5.56 Å². The molecule has 0 atom stereocenters. The molecule has 0 N–H and O–H groups in total. The zero-order chi connectivity index (χ0) is 7.90. The molecule has 1 aliphatic heterocycles. The van der Waals surface area contributed by atoms with Crippen LogP contribution >= 0.6 is 0 Å². The number of hydrogen-bond acceptors (Lipinski definition) is 1. The number of hydrogen-bond donors (Lipinski definition) is 0. The first-order valence-corrected chi connectivity index (χ1v) is 3.94. The Bertz CT molecular complexity index is 249. The highest BCUT2D eigenvalue weighted by Crippen LogP contribution is 2.33. The summed E-state index contributed by atoms with van der Waals surface area (Å²) in [6.45, 7) is 4.24. The number of fused-ring (bicyclic) bond motifs is 1. The van der Waals surface area contributed by atoms with E-state index in [0.717, 1.165) is 12.2 Å². The second-order valence-corrected chi connectivity index (χ2v) is 3.65. The number of para-hydroxylation sites is 1. The molecule has 0 amide bonds. The van der Waals surface area contributed by atoms with E-state index in [1.54, 1.807) is 0 Å². The first kappa shape index (κ1) is 6.71. The molecule has 58 valence electrons. The van der Waals surface area contributed by atoms with Gasteiger partial charge in [-0.3, -0.25) is 0 Å². The maximum atomic E-state index is 5.69. The summed E-state index contributed by atoms with van der Waals surface area (Å²) in [6, 6.07) is 8.23. The Kier molecular flexibility index (Phi) is 1.22. The van der Waals surface area contributed by atoms with E-state index in [2.05, 4.69) is 26.0 Å². The van der Waals surface area contributed by atoms with Crippen molar-refractivity contribution in [2.45, 2.75) is 25.9 Å². The number of rotatable bonds is 0. The van der Waals surface area contributed by atoms with Crippen molar-refractivity contribution in [2.24, 2.45) is 0 Å². The molecule has 0 aliphatic carbocycles. The van der Waals surface area contributed by atoms with Crippen molar-refractivity contribution < 1.29 is 4.74 Å². The van der Waals surface area contributed by atoms with Gasteiger partial charge in [0.05, 0.1) is 0 Å². The molecule has 1 aromatic carbocycles. The fourth-order valence-corrected chi connectivity index (χ4v) is 1.54. The summed E-state index contributed by atoms with van der Waals surface area (Å²) in [7, 11) is 0. The molecule has 0 unspecified atom stereocenters. The van der Waals surface area contributed by atoms with E-state index < -0.39 is 0 Å². The zero-order valence-corrected chi connectivity index (χ0v) is 6.92. The van der Waals surface area contributed by atoms with Crippen molar-refractivity contribution in [1.82, 2.24) is 0 Å². The molecule has 11 heavy (non-hydrogen) atoms. The fourth-order valence-electron chi connectivity index (χ4n) is 1.54. The molecule has 0 saturated carbocycles. The highest BCUT2D eigenvalue weighted by molar-refractivity contribution is 5.38. The van der Waals surface area contributed by atoms with Gasteiger partial charge in [-0.05, 0) is 25.5 Å². The summed E-state index contributed by atoms with van der Waals surface area (Å²) in [4.78, 5) is 0. The van der Waals surface area contributed by atoms with E-state index in [-0.39, 0.29) is 5.60 Å². The van der Waals surface area contributed by atoms with Gasteiger partial charge in [0, 0.05) is 6.42 Å². The third-order valence-electron chi connectivity index (χ3n) is 1.98. The molecule has 1 aromatic rings. The van der Waals surface area contributed by atoms with Crippen LogP contribution in [0.3, 0.4) is 0 Å². The lowest BCUT2D eigenvalue weighted by Crippen LogP contribution is -2.24. The molecule has 0 aromatic heterocycles. The van der Waals surface area contributed by atoms with Gasteiger partial charge in [0.25, 0.3) is 0 Å². The molecular formula is C10H12O. The minimum absolute atomic E-state index is 0.00366. The summed E-state index contributed by atoms with van der Waals surface area (Å²) in [6.07, 6.45) is 1.03. The van der Waals surface area contributed by atoms with Crippen molar-refractivity contribution in [3.8, 4) is 5.75 Å². The van der Waals surface area contributed by atoms with E-state index in [0.29, 0.717) is 0 Å². The maximum absolute atomic E-state index is 5.69. The van der Waals surface area contributed by atoms with E-state index in [9.17, 15) is 0 Å². The average molecular weight is 148 g/mol. The van der Waals surface area contributed by atoms with Crippen LogP contribution in [0, 0.1) is 0 Å². The monoisotopic (exact) mass is 148 g/mol. The number of ether oxygens (including phenoxy) is 1. The predicted octanol–water partition coefficient (Wildman–Crippen LogP) is 2.40. The Labute approximate surface area is 67.0 Å². The van der Waals surface area contributed by atoms with Crippen LogP contribution in [-0.4, -0.2) is 5.60 Å². The predicted molar refractivity (Wildman–Crippen MR) is 44.9 cm³/mol. The molecule has 0 spiro atoms. The summed E-state index contributed by atoms with van der Waals surface area (Å²) >= 11 is 0. The van der Waals surface area contributed by atoms with Gasteiger partial charge in [-0.25, -0.2) is 0 Å². The molecule has 0 bridgehead atoms. The van der Waals surface area contributed by atoms with E-state index in [1.807, 2.05) is 12.1 Å². The lowest BCUT2D eigenvalue weighted by atomic mass is 10.0. The highest BCUT2D eigenvalue weighted by Gasteiger charge is 2.28. The van der Waals surface area contributed by atoms with Crippen LogP contribution in [-0.2, 0) is 6.42 Å². The van der Waals surface area contributed by atoms with Crippen molar-refractivity contribution in [2.75, 3.05) is 0 Å². The second-order valence-electron chi connectivity index (χ2n) is 3.65. The molecule has 1 aliphatic rings. The summed E-state index contributed by atoms with van der Waals surface area (Å²) in [5.41, 5.74) is 1.33. The standard InChI is InChI=1S/C10H12O/c1-10(2)7-8-5-3-4-6-9(8)11-10/h3-6H,7H2,1-2H3. The van der Waals surface area contributed by atoms with Crippen LogP contribution in [0.2, 0.25) is 0 Å². The minimum Gasteiger partial charge on any atom is -0.487 e. The molecular weight excluding hydrogens is 136 g/mol. The van der Waals surface area contributed by atoms with Gasteiger partial charge >= 0.3 is 0 Å². The summed E-state index contributed by atoms with van der Waals surface area (Å²) in [5.74, 6) is 1.05. The van der Waals surface area contributed by atoms with Crippen molar-refractivity contribution in [1.29, 1.82) is 0 Å². The first-order chi connectivity index (χ1) is 5.17. The lowest BCUT2D eigenvalue weighted by Gasteiger charge is -2.16. The summed E-state index contributed by atoms with van der Waals surface area (Å²) in [5, 5.41) is 0. The van der Waals surface area contributed by atoms with E-state index in [4.69, 9.17) is 4.74 Å². The van der Waals surface area contributed by atoms with Crippen LogP contribution in [0.25, 0.3) is 0 Å². The minimum atomic E-state index is 0.00366. The molecule has 0 saturated heterocycles. The molecule has 1 nitrogen and oxygen atoms in total. The Morgan fingerprint density at radius 2 is 2.00 bits per heavy atom. The zero-order valence-electron chi connectivity index (χ0n) is 6.92. The Morgan fingerprint density at radius 3 is 2.73 bits per heavy atom. The van der Waals surface area contributed by atoms with Gasteiger partial charge in [0.1, 0.15) is 11.4 Å². The molecule has 0 fully saturated rings. The Hall–Kier alpha value is -0.980. The Balaban J connectivity index is 2.41. The summed E-state index contributed by atoms with van der Waals surface area (Å²) < 4.78 is 5.69. The van der Waals surface area contributed by atoms with Crippen LogP contribution in [0.4, 0.5) is 0 Å². The molecule has 2 rings (SSSR count). The smallest absolute Gasteiger partial charge is 0.123 e. The van der Waals surface area contributed by atoms with Crippen LogP contribution in [0.5, 0.6) is 5.75 Å². The van der Waals surface area contributed by atoms with Crippen LogP contribution < -0.4 is 4.74 Å². The second kappa shape index (κ2) is 2.00. The van der Waals surface area contributed by atoms with Crippen LogP contribution in [0.15, 0.2) is 24.3 Å². The van der Waals surface area contributed by atoms with Crippen LogP contribution in [0.1, 0.15) is 19.4 Å². The van der Waals surface area contributed by atoms with Gasteiger partial charge in [-0.15, -0.1) is 0 Å². The van der Waals surface area contributed by atoms with Gasteiger partial charge in [-0.2, -0.15) is 0 Å². The van der Waals surface area contributed by atoms with Gasteiger partial charge in [0.2, 0.25) is 0 Å². The third kappa shape index (κ3) is 1.11. The number of benzene rings is 1. The largest absolute Gasteiger partial charge is 0.487 e. The Morgan fingerprint density at radius 1 is 1.27 bits per heavy atom. The van der Waals surface area contributed by atoms with Gasteiger partial charge in [0.15, 0.2) is 0 Å². The quantitative estimate of drug-likeness (QED) is 0.549.